The van der Waals surface area contributed by atoms with Crippen LogP contribution in [0.2, 0.25) is 0 Å². The van der Waals surface area contributed by atoms with E-state index in [4.69, 9.17) is 5.26 Å². The van der Waals surface area contributed by atoms with Gasteiger partial charge in [-0.15, -0.1) is 0 Å². The summed E-state index contributed by atoms with van der Waals surface area (Å²) >= 11 is 0. The number of anilines is 1. The first kappa shape index (κ1) is 12.0. The van der Waals surface area contributed by atoms with Crippen molar-refractivity contribution in [3.8, 4) is 6.07 Å². The molecular formula is C11H13N3O2. The monoisotopic (exact) mass is 219 g/mol. The molecular weight excluding hydrogens is 206 g/mol. The average Bonchev–Trinajstić information content (AvgIpc) is 2.35. The van der Waals surface area contributed by atoms with E-state index < -0.39 is 5.97 Å². The van der Waals surface area contributed by atoms with Crippen molar-refractivity contribution in [2.45, 2.75) is 6.42 Å². The highest BCUT2D eigenvalue weighted by molar-refractivity contribution is 5.88. The number of carbonyl (C=O) groups excluding carboxylic acids is 1. The summed E-state index contributed by atoms with van der Waals surface area (Å²) < 4.78 is 4.58. The molecule has 0 aliphatic carbocycles. The molecule has 84 valence electrons. The molecule has 1 heterocycles. The Morgan fingerprint density at radius 3 is 3.06 bits per heavy atom. The topological polar surface area (TPSA) is 66.2 Å². The van der Waals surface area contributed by atoms with E-state index in [1.54, 1.807) is 18.3 Å². The Balaban J connectivity index is 2.82. The Labute approximate surface area is 94.3 Å². The Bertz CT molecular complexity index is 412. The fourth-order valence-corrected chi connectivity index (χ4v) is 1.22. The molecule has 0 radical (unpaired) electrons. The van der Waals surface area contributed by atoms with E-state index in [2.05, 4.69) is 15.8 Å². The predicted octanol–water partition coefficient (Wildman–Crippen LogP) is 1.22. The second-order valence-corrected chi connectivity index (χ2v) is 3.22. The van der Waals surface area contributed by atoms with Gasteiger partial charge in [0.25, 0.3) is 0 Å². The number of nitriles is 1. The molecule has 0 fully saturated rings. The minimum absolute atomic E-state index is 0.267. The lowest BCUT2D eigenvalue weighted by Crippen LogP contribution is -2.18. The molecule has 1 aromatic rings. The van der Waals surface area contributed by atoms with Gasteiger partial charge >= 0.3 is 5.97 Å². The first-order valence-corrected chi connectivity index (χ1v) is 4.81. The molecule has 0 unspecified atom stereocenters. The molecule has 1 rings (SSSR count). The number of esters is 1. The summed E-state index contributed by atoms with van der Waals surface area (Å²) in [5.74, 6) is -0.462. The standard InChI is InChI=1S/C11H13N3O2/c1-14(7-3-5-12)9-4-6-13-10(8-9)11(15)16-2/h4,6,8H,3,7H2,1-2H3. The number of methoxy groups -OCH3 is 1. The van der Waals surface area contributed by atoms with Crippen molar-refractivity contribution in [3.05, 3.63) is 24.0 Å². The van der Waals surface area contributed by atoms with E-state index in [-0.39, 0.29) is 5.69 Å². The Morgan fingerprint density at radius 1 is 1.69 bits per heavy atom. The molecule has 16 heavy (non-hydrogen) atoms. The first-order chi connectivity index (χ1) is 7.69. The normalized spacial score (nSPS) is 9.31. The van der Waals surface area contributed by atoms with Crippen molar-refractivity contribution in [3.63, 3.8) is 0 Å². The maximum atomic E-state index is 11.2. The summed E-state index contributed by atoms with van der Waals surface area (Å²) in [5.41, 5.74) is 1.11. The van der Waals surface area contributed by atoms with Gasteiger partial charge in [0, 0.05) is 25.5 Å². The van der Waals surface area contributed by atoms with Gasteiger partial charge in [-0.25, -0.2) is 9.78 Å². The van der Waals surface area contributed by atoms with Crippen molar-refractivity contribution in [1.82, 2.24) is 4.98 Å². The maximum Gasteiger partial charge on any atom is 0.356 e. The number of hydrogen-bond acceptors (Lipinski definition) is 5. The Morgan fingerprint density at radius 2 is 2.44 bits per heavy atom. The molecule has 0 atom stereocenters. The molecule has 0 saturated carbocycles. The summed E-state index contributed by atoms with van der Waals surface area (Å²) in [6.45, 7) is 0.612. The third-order valence-electron chi connectivity index (χ3n) is 2.14. The largest absolute Gasteiger partial charge is 0.464 e. The first-order valence-electron chi connectivity index (χ1n) is 4.81. The fourth-order valence-electron chi connectivity index (χ4n) is 1.22. The third kappa shape index (κ3) is 2.95. The van der Waals surface area contributed by atoms with Crippen LogP contribution in [-0.2, 0) is 4.74 Å². The van der Waals surface area contributed by atoms with Gasteiger partial charge in [-0.1, -0.05) is 0 Å². The quantitative estimate of drug-likeness (QED) is 0.712. The smallest absolute Gasteiger partial charge is 0.356 e. The van der Waals surface area contributed by atoms with Crippen LogP contribution in [0, 0.1) is 11.3 Å². The van der Waals surface area contributed by atoms with E-state index >= 15 is 0 Å². The number of ether oxygens (including phenoxy) is 1. The molecule has 0 spiro atoms. The minimum atomic E-state index is -0.462. The fraction of sp³-hybridized carbons (Fsp3) is 0.364. The Hall–Kier alpha value is -2.09. The molecule has 0 N–H and O–H groups in total. The van der Waals surface area contributed by atoms with Crippen LogP contribution in [0.15, 0.2) is 18.3 Å². The molecule has 1 aromatic heterocycles. The van der Waals surface area contributed by atoms with Crippen molar-refractivity contribution >= 4 is 11.7 Å². The van der Waals surface area contributed by atoms with Gasteiger partial charge in [-0.2, -0.15) is 5.26 Å². The Kier molecular flexibility index (Phi) is 4.28. The van der Waals surface area contributed by atoms with Crippen LogP contribution in [0.25, 0.3) is 0 Å². The molecule has 0 saturated heterocycles. The number of rotatable bonds is 4. The number of nitrogens with zero attached hydrogens (tertiary/aromatic N) is 3. The highest BCUT2D eigenvalue weighted by Crippen LogP contribution is 2.13. The summed E-state index contributed by atoms with van der Waals surface area (Å²) in [6.07, 6.45) is 1.98. The highest BCUT2D eigenvalue weighted by atomic mass is 16.5. The van der Waals surface area contributed by atoms with Gasteiger partial charge in [0.05, 0.1) is 19.6 Å². The van der Waals surface area contributed by atoms with Crippen LogP contribution in [0.1, 0.15) is 16.9 Å². The second kappa shape index (κ2) is 5.71. The van der Waals surface area contributed by atoms with Crippen molar-refractivity contribution in [1.29, 1.82) is 5.26 Å². The lowest BCUT2D eigenvalue weighted by atomic mass is 10.3. The van der Waals surface area contributed by atoms with Gasteiger partial charge in [0.2, 0.25) is 0 Å². The van der Waals surface area contributed by atoms with Crippen molar-refractivity contribution in [2.75, 3.05) is 25.6 Å². The SMILES string of the molecule is COC(=O)c1cc(N(C)CCC#N)ccn1. The zero-order chi connectivity index (χ0) is 12.0. The summed E-state index contributed by atoms with van der Waals surface area (Å²) in [4.78, 5) is 17.0. The van der Waals surface area contributed by atoms with Crippen LogP contribution >= 0.6 is 0 Å². The lowest BCUT2D eigenvalue weighted by molar-refractivity contribution is 0.0594. The van der Waals surface area contributed by atoms with E-state index in [0.29, 0.717) is 13.0 Å². The van der Waals surface area contributed by atoms with Crippen LogP contribution in [0.4, 0.5) is 5.69 Å². The molecule has 0 aliphatic heterocycles. The van der Waals surface area contributed by atoms with Crippen LogP contribution in [0.5, 0.6) is 0 Å². The molecule has 0 aliphatic rings. The summed E-state index contributed by atoms with van der Waals surface area (Å²) in [5, 5.41) is 8.48. The van der Waals surface area contributed by atoms with Gasteiger partial charge in [-0.3, -0.25) is 0 Å². The average molecular weight is 219 g/mol. The van der Waals surface area contributed by atoms with Gasteiger partial charge in [0.1, 0.15) is 5.69 Å². The van der Waals surface area contributed by atoms with Crippen molar-refractivity contribution < 1.29 is 9.53 Å². The van der Waals surface area contributed by atoms with E-state index in [1.807, 2.05) is 11.9 Å². The number of aromatic nitrogens is 1. The molecule has 0 aromatic carbocycles. The van der Waals surface area contributed by atoms with E-state index in [1.165, 1.54) is 7.11 Å². The van der Waals surface area contributed by atoms with Crippen molar-refractivity contribution in [2.24, 2.45) is 0 Å². The zero-order valence-corrected chi connectivity index (χ0v) is 9.30. The predicted molar refractivity (Wildman–Crippen MR) is 59.1 cm³/mol. The number of carbonyl (C=O) groups is 1. The number of pyridine rings is 1. The summed E-state index contributed by atoms with van der Waals surface area (Å²) in [6, 6.07) is 5.49. The van der Waals surface area contributed by atoms with Crippen LogP contribution < -0.4 is 4.90 Å². The second-order valence-electron chi connectivity index (χ2n) is 3.22. The van der Waals surface area contributed by atoms with Crippen LogP contribution in [0.3, 0.4) is 0 Å². The maximum absolute atomic E-state index is 11.2. The minimum Gasteiger partial charge on any atom is -0.464 e. The molecule has 0 bridgehead atoms. The summed E-state index contributed by atoms with van der Waals surface area (Å²) in [7, 11) is 3.17. The number of hydrogen-bond donors (Lipinski definition) is 0. The third-order valence-corrected chi connectivity index (χ3v) is 2.14. The van der Waals surface area contributed by atoms with E-state index in [9.17, 15) is 4.79 Å². The van der Waals surface area contributed by atoms with Gasteiger partial charge in [-0.05, 0) is 12.1 Å². The van der Waals surface area contributed by atoms with E-state index in [0.717, 1.165) is 5.69 Å². The lowest BCUT2D eigenvalue weighted by Gasteiger charge is -2.17. The highest BCUT2D eigenvalue weighted by Gasteiger charge is 2.09. The molecule has 5 heteroatoms. The van der Waals surface area contributed by atoms with Gasteiger partial charge < -0.3 is 9.64 Å². The van der Waals surface area contributed by atoms with Gasteiger partial charge in [0.15, 0.2) is 0 Å². The molecule has 5 nitrogen and oxygen atoms in total. The molecule has 0 amide bonds. The van der Waals surface area contributed by atoms with Crippen LogP contribution in [-0.4, -0.2) is 31.7 Å². The zero-order valence-electron chi connectivity index (χ0n) is 9.30.